The molecule has 0 saturated carbocycles. The zero-order valence-electron chi connectivity index (χ0n) is 8.87. The fraction of sp³-hybridized carbons (Fsp3) is 0.556. The van der Waals surface area contributed by atoms with Crippen molar-refractivity contribution in [2.45, 2.75) is 18.8 Å². The van der Waals surface area contributed by atoms with E-state index >= 15 is 0 Å². The number of anilines is 1. The molecule has 17 heavy (non-hydrogen) atoms. The van der Waals surface area contributed by atoms with Crippen LogP contribution in [0, 0.1) is 11.2 Å². The predicted molar refractivity (Wildman–Crippen MR) is 60.3 cm³/mol. The molecule has 1 aromatic heterocycles. The minimum absolute atomic E-state index is 0.0216. The number of nitriles is 1. The summed E-state index contributed by atoms with van der Waals surface area (Å²) in [4.78, 5) is 5.41. The molecular formula is C9H9BF3N3S. The third kappa shape index (κ3) is 2.72. The number of rotatable bonds is 1. The maximum absolute atomic E-state index is 12.4. The van der Waals surface area contributed by atoms with E-state index in [0.717, 1.165) is 16.7 Å². The van der Waals surface area contributed by atoms with Gasteiger partial charge in [-0.25, -0.2) is 10.2 Å². The Bertz CT molecular complexity index is 431. The van der Waals surface area contributed by atoms with Gasteiger partial charge in [-0.3, -0.25) is 0 Å². The van der Waals surface area contributed by atoms with Gasteiger partial charge in [-0.05, 0) is 12.6 Å². The third-order valence-corrected chi connectivity index (χ3v) is 3.63. The summed E-state index contributed by atoms with van der Waals surface area (Å²) in [6.07, 6.45) is -2.99. The fourth-order valence-electron chi connectivity index (χ4n) is 1.74. The lowest BCUT2D eigenvalue weighted by molar-refractivity contribution is -0.140. The summed E-state index contributed by atoms with van der Waals surface area (Å²) in [6, 6.07) is 0. The summed E-state index contributed by atoms with van der Waals surface area (Å²) in [7, 11) is 0. The average molecular weight is 259 g/mol. The SMILES string of the molecule is N#CB1CCN(c2nc(C(F)(F)F)cs2)CC1. The van der Waals surface area contributed by atoms with Crippen molar-refractivity contribution < 1.29 is 13.2 Å². The third-order valence-electron chi connectivity index (χ3n) is 2.73. The monoisotopic (exact) mass is 259 g/mol. The Hall–Kier alpha value is -1.23. The van der Waals surface area contributed by atoms with Crippen molar-refractivity contribution >= 4 is 23.2 Å². The van der Waals surface area contributed by atoms with E-state index in [-0.39, 0.29) is 6.71 Å². The van der Waals surface area contributed by atoms with E-state index < -0.39 is 11.9 Å². The van der Waals surface area contributed by atoms with E-state index in [1.807, 2.05) is 4.90 Å². The minimum atomic E-state index is -4.38. The van der Waals surface area contributed by atoms with Gasteiger partial charge in [0.1, 0.15) is 0 Å². The summed E-state index contributed by atoms with van der Waals surface area (Å²) in [6.45, 7) is 1.22. The first-order valence-corrected chi connectivity index (χ1v) is 6.06. The van der Waals surface area contributed by atoms with Crippen molar-refractivity contribution in [3.05, 3.63) is 11.1 Å². The van der Waals surface area contributed by atoms with Gasteiger partial charge in [-0.1, -0.05) is 0 Å². The van der Waals surface area contributed by atoms with Crippen LogP contribution >= 0.6 is 11.3 Å². The highest BCUT2D eigenvalue weighted by Crippen LogP contribution is 2.33. The lowest BCUT2D eigenvalue weighted by Crippen LogP contribution is -2.36. The molecule has 1 aromatic rings. The maximum Gasteiger partial charge on any atom is 0.434 e. The molecule has 90 valence electrons. The van der Waals surface area contributed by atoms with E-state index in [4.69, 9.17) is 5.26 Å². The summed E-state index contributed by atoms with van der Waals surface area (Å²) in [5.41, 5.74) is -0.833. The minimum Gasteiger partial charge on any atom is -0.349 e. The molecule has 1 fully saturated rings. The van der Waals surface area contributed by atoms with Crippen molar-refractivity contribution in [3.63, 3.8) is 0 Å². The second-order valence-electron chi connectivity index (χ2n) is 3.90. The smallest absolute Gasteiger partial charge is 0.349 e. The van der Waals surface area contributed by atoms with Gasteiger partial charge in [-0.2, -0.15) is 13.2 Å². The molecule has 2 rings (SSSR count). The van der Waals surface area contributed by atoms with Crippen LogP contribution < -0.4 is 4.90 Å². The lowest BCUT2D eigenvalue weighted by atomic mass is 9.45. The molecule has 0 aliphatic carbocycles. The van der Waals surface area contributed by atoms with Crippen LogP contribution in [0.15, 0.2) is 5.38 Å². The summed E-state index contributed by atoms with van der Waals surface area (Å²) < 4.78 is 37.1. The number of aromatic nitrogens is 1. The van der Waals surface area contributed by atoms with Crippen LogP contribution in [0.5, 0.6) is 0 Å². The fourth-order valence-corrected chi connectivity index (χ4v) is 2.63. The number of hydrogen-bond acceptors (Lipinski definition) is 4. The standard InChI is InChI=1S/C9H9BF3N3S/c11-9(12,13)7-5-17-8(15-7)16-3-1-10(6-14)2-4-16/h5H,1-4H2. The number of alkyl halides is 3. The molecule has 3 nitrogen and oxygen atoms in total. The van der Waals surface area contributed by atoms with E-state index in [9.17, 15) is 13.2 Å². The molecule has 1 aliphatic heterocycles. The van der Waals surface area contributed by atoms with Crippen molar-refractivity contribution in [3.8, 4) is 5.97 Å². The highest BCUT2D eigenvalue weighted by atomic mass is 32.1. The van der Waals surface area contributed by atoms with Gasteiger partial charge < -0.3 is 4.90 Å². The Morgan fingerprint density at radius 1 is 1.41 bits per heavy atom. The highest BCUT2D eigenvalue weighted by Gasteiger charge is 2.34. The van der Waals surface area contributed by atoms with Crippen LogP contribution in [0.2, 0.25) is 12.6 Å². The predicted octanol–water partition coefficient (Wildman–Crippen LogP) is 2.54. The van der Waals surface area contributed by atoms with Crippen LogP contribution in [0.4, 0.5) is 18.3 Å². The van der Waals surface area contributed by atoms with E-state index in [1.165, 1.54) is 0 Å². The zero-order valence-corrected chi connectivity index (χ0v) is 9.68. The first kappa shape index (κ1) is 12.2. The van der Waals surface area contributed by atoms with E-state index in [2.05, 4.69) is 11.0 Å². The van der Waals surface area contributed by atoms with Gasteiger partial charge in [0.2, 0.25) is 0 Å². The number of nitrogens with zero attached hydrogens (tertiary/aromatic N) is 3. The van der Waals surface area contributed by atoms with Crippen LogP contribution in [-0.2, 0) is 6.18 Å². The number of halogens is 3. The molecule has 0 atom stereocenters. The lowest BCUT2D eigenvalue weighted by Gasteiger charge is -2.27. The molecule has 0 spiro atoms. The second-order valence-corrected chi connectivity index (χ2v) is 4.74. The molecule has 0 amide bonds. The Balaban J connectivity index is 2.05. The molecule has 1 aliphatic rings. The van der Waals surface area contributed by atoms with Crippen molar-refractivity contribution in [2.75, 3.05) is 18.0 Å². The molecule has 8 heteroatoms. The van der Waals surface area contributed by atoms with E-state index in [1.54, 1.807) is 0 Å². The molecule has 0 N–H and O–H groups in total. The van der Waals surface area contributed by atoms with Crippen molar-refractivity contribution in [1.82, 2.24) is 4.98 Å². The van der Waals surface area contributed by atoms with Crippen LogP contribution in [0.25, 0.3) is 0 Å². The molecule has 0 unspecified atom stereocenters. The zero-order chi connectivity index (χ0) is 12.5. The van der Waals surface area contributed by atoms with Crippen LogP contribution in [-0.4, -0.2) is 24.8 Å². The largest absolute Gasteiger partial charge is 0.434 e. The normalized spacial score (nSPS) is 17.1. The topological polar surface area (TPSA) is 39.9 Å². The molecular weight excluding hydrogens is 250 g/mol. The first-order chi connectivity index (χ1) is 8.00. The molecule has 0 aromatic carbocycles. The molecule has 0 bridgehead atoms. The first-order valence-electron chi connectivity index (χ1n) is 5.18. The molecule has 0 radical (unpaired) electrons. The Kier molecular flexibility index (Phi) is 3.29. The van der Waals surface area contributed by atoms with Crippen molar-refractivity contribution in [2.24, 2.45) is 0 Å². The molecule has 2 heterocycles. The Morgan fingerprint density at radius 3 is 2.53 bits per heavy atom. The summed E-state index contributed by atoms with van der Waals surface area (Å²) >= 11 is 1.00. The van der Waals surface area contributed by atoms with Gasteiger partial charge in [0, 0.05) is 24.4 Å². The Labute approximate surface area is 101 Å². The van der Waals surface area contributed by atoms with E-state index in [0.29, 0.717) is 30.9 Å². The highest BCUT2D eigenvalue weighted by molar-refractivity contribution is 7.13. The van der Waals surface area contributed by atoms with Gasteiger partial charge >= 0.3 is 6.18 Å². The van der Waals surface area contributed by atoms with Gasteiger partial charge in [0.15, 0.2) is 10.8 Å². The van der Waals surface area contributed by atoms with Gasteiger partial charge in [0.05, 0.1) is 0 Å². The summed E-state index contributed by atoms with van der Waals surface area (Å²) in [5, 5.41) is 10.2. The summed E-state index contributed by atoms with van der Waals surface area (Å²) in [5.74, 6) is 2.18. The maximum atomic E-state index is 12.4. The van der Waals surface area contributed by atoms with Gasteiger partial charge in [0.25, 0.3) is 6.71 Å². The number of hydrogen-bond donors (Lipinski definition) is 0. The second kappa shape index (κ2) is 4.57. The van der Waals surface area contributed by atoms with Crippen LogP contribution in [0.3, 0.4) is 0 Å². The van der Waals surface area contributed by atoms with Gasteiger partial charge in [-0.15, -0.1) is 11.3 Å². The van der Waals surface area contributed by atoms with Crippen molar-refractivity contribution in [1.29, 1.82) is 5.26 Å². The quantitative estimate of drug-likeness (QED) is 0.727. The Morgan fingerprint density at radius 2 is 2.06 bits per heavy atom. The average Bonchev–Trinajstić information content (AvgIpc) is 2.78. The number of thiazole rings is 1. The molecule has 1 saturated heterocycles. The van der Waals surface area contributed by atoms with Crippen LogP contribution in [0.1, 0.15) is 5.69 Å².